The number of amides is 1. The Labute approximate surface area is 163 Å². The molecule has 0 bridgehead atoms. The summed E-state index contributed by atoms with van der Waals surface area (Å²) < 4.78 is 1.09. The van der Waals surface area contributed by atoms with Gasteiger partial charge in [0.2, 0.25) is 12.2 Å². The van der Waals surface area contributed by atoms with Gasteiger partial charge in [-0.15, -0.1) is 11.3 Å². The minimum Gasteiger partial charge on any atom is -0.390 e. The van der Waals surface area contributed by atoms with E-state index in [2.05, 4.69) is 15.4 Å². The van der Waals surface area contributed by atoms with Gasteiger partial charge < -0.3 is 15.4 Å². The topological polar surface area (TPSA) is 120 Å². The van der Waals surface area contributed by atoms with Crippen molar-refractivity contribution in [2.45, 2.75) is 25.8 Å². The van der Waals surface area contributed by atoms with E-state index in [4.69, 9.17) is 0 Å². The Morgan fingerprint density at radius 2 is 2.04 bits per heavy atom. The molecule has 1 aromatic carbocycles. The van der Waals surface area contributed by atoms with E-state index < -0.39 is 16.8 Å². The lowest BCUT2D eigenvalue weighted by atomic mass is 10.0. The predicted octanol–water partition coefficient (Wildman–Crippen LogP) is 2.61. The minimum atomic E-state index is -0.727. The van der Waals surface area contributed by atoms with E-state index >= 15 is 0 Å². The highest BCUT2D eigenvalue weighted by atomic mass is 32.1. The zero-order valence-corrected chi connectivity index (χ0v) is 15.4. The summed E-state index contributed by atoms with van der Waals surface area (Å²) in [5.74, 6) is -1.11. The van der Waals surface area contributed by atoms with Crippen molar-refractivity contribution < 1.29 is 14.5 Å². The number of aromatic nitrogens is 3. The van der Waals surface area contributed by atoms with Gasteiger partial charge in [-0.1, -0.05) is 35.3 Å². The highest BCUT2D eigenvalue weighted by Crippen LogP contribution is 2.40. The minimum absolute atomic E-state index is 0.119. The third-order valence-electron chi connectivity index (χ3n) is 4.43. The molecule has 2 aromatic heterocycles. The van der Waals surface area contributed by atoms with E-state index in [1.807, 2.05) is 6.07 Å². The van der Waals surface area contributed by atoms with Crippen LogP contribution < -0.4 is 5.32 Å². The van der Waals surface area contributed by atoms with E-state index in [9.17, 15) is 19.7 Å². The van der Waals surface area contributed by atoms with Gasteiger partial charge in [-0.2, -0.15) is 4.68 Å². The van der Waals surface area contributed by atoms with Gasteiger partial charge in [0.15, 0.2) is 5.78 Å². The molecule has 142 valence electrons. The number of hydrogen-bond acceptors (Lipinski definition) is 7. The second-order valence-electron chi connectivity index (χ2n) is 6.30. The van der Waals surface area contributed by atoms with E-state index in [1.54, 1.807) is 24.3 Å². The van der Waals surface area contributed by atoms with Crippen molar-refractivity contribution in [3.05, 3.63) is 68.3 Å². The summed E-state index contributed by atoms with van der Waals surface area (Å²) in [6.07, 6.45) is 3.82. The van der Waals surface area contributed by atoms with Crippen LogP contribution in [0.25, 0.3) is 0 Å². The molecule has 1 N–H and O–H groups in total. The molecule has 0 radical (unpaired) electrons. The Hall–Kier alpha value is -3.40. The maximum absolute atomic E-state index is 13.1. The van der Waals surface area contributed by atoms with Gasteiger partial charge in [0.05, 0.1) is 5.56 Å². The quantitative estimate of drug-likeness (QED) is 0.388. The molecule has 0 unspecified atom stereocenters. The van der Waals surface area contributed by atoms with Gasteiger partial charge in [0.1, 0.15) is 11.5 Å². The van der Waals surface area contributed by atoms with Crippen molar-refractivity contribution in [1.82, 2.24) is 14.8 Å². The first-order valence-corrected chi connectivity index (χ1v) is 9.42. The summed E-state index contributed by atoms with van der Waals surface area (Å²) >= 11 is 1.41. The number of nitro groups is 1. The number of nitrogens with one attached hydrogen (secondary N) is 1. The molecule has 1 aliphatic carbocycles. The third-order valence-corrected chi connectivity index (χ3v) is 5.64. The summed E-state index contributed by atoms with van der Waals surface area (Å²) in [4.78, 5) is 40.1. The van der Waals surface area contributed by atoms with Crippen LogP contribution in [0.5, 0.6) is 0 Å². The fraction of sp³-hybridized carbons (Fsp3) is 0.222. The molecule has 0 saturated heterocycles. The number of fused-ring (bicyclic) bond motifs is 1. The molecule has 0 saturated carbocycles. The number of ketones is 1. The monoisotopic (exact) mass is 397 g/mol. The summed E-state index contributed by atoms with van der Waals surface area (Å²) in [5.41, 5.74) is 2.12. The van der Waals surface area contributed by atoms with Crippen LogP contribution in [0.2, 0.25) is 0 Å². The number of hydrogen-bond donors (Lipinski definition) is 1. The lowest BCUT2D eigenvalue weighted by Gasteiger charge is -2.07. The van der Waals surface area contributed by atoms with Crippen molar-refractivity contribution in [3.8, 4) is 0 Å². The SMILES string of the molecule is O=C(Cn1cnc([N+](=O)[O-])n1)Nc1sc2c(c1C(=O)c1ccccc1)CCC2. The second kappa shape index (κ2) is 7.31. The molecule has 2 heterocycles. The number of rotatable bonds is 6. The highest BCUT2D eigenvalue weighted by Gasteiger charge is 2.28. The number of carbonyl (C=O) groups excluding carboxylic acids is 2. The number of anilines is 1. The average molecular weight is 397 g/mol. The van der Waals surface area contributed by atoms with Crippen LogP contribution in [-0.4, -0.2) is 31.4 Å². The maximum Gasteiger partial charge on any atom is 0.490 e. The van der Waals surface area contributed by atoms with Crippen LogP contribution in [0.1, 0.15) is 32.8 Å². The van der Waals surface area contributed by atoms with Gasteiger partial charge in [0.25, 0.3) is 0 Å². The number of aryl methyl sites for hydroxylation is 1. The Morgan fingerprint density at radius 1 is 1.25 bits per heavy atom. The maximum atomic E-state index is 13.1. The van der Waals surface area contributed by atoms with Crippen molar-refractivity contribution in [2.24, 2.45) is 0 Å². The molecule has 1 amide bonds. The summed E-state index contributed by atoms with van der Waals surface area (Å²) in [6.45, 7) is -0.234. The van der Waals surface area contributed by atoms with Gasteiger partial charge >= 0.3 is 5.95 Å². The van der Waals surface area contributed by atoms with Crippen molar-refractivity contribution in [1.29, 1.82) is 0 Å². The standard InChI is InChI=1S/C18H15N5O4S/c24-14(9-22-10-19-18(21-22)23(26)27)20-17-15(12-7-4-8-13(12)28-17)16(25)11-5-2-1-3-6-11/h1-3,5-6,10H,4,7-9H2,(H,20,24). The molecule has 9 nitrogen and oxygen atoms in total. The van der Waals surface area contributed by atoms with Crippen LogP contribution in [-0.2, 0) is 24.2 Å². The Kier molecular flexibility index (Phi) is 4.70. The van der Waals surface area contributed by atoms with Crippen LogP contribution in [0.3, 0.4) is 0 Å². The molecule has 0 aliphatic heterocycles. The van der Waals surface area contributed by atoms with E-state index in [0.717, 1.165) is 40.7 Å². The molecule has 28 heavy (non-hydrogen) atoms. The molecule has 1 aliphatic rings. The zero-order valence-electron chi connectivity index (χ0n) is 14.6. The molecule has 0 atom stereocenters. The Balaban J connectivity index is 1.58. The zero-order chi connectivity index (χ0) is 19.7. The van der Waals surface area contributed by atoms with Crippen molar-refractivity contribution in [3.63, 3.8) is 0 Å². The summed E-state index contributed by atoms with van der Waals surface area (Å²) in [7, 11) is 0. The second-order valence-corrected chi connectivity index (χ2v) is 7.41. The fourth-order valence-electron chi connectivity index (χ4n) is 3.22. The smallest absolute Gasteiger partial charge is 0.390 e. The van der Waals surface area contributed by atoms with Crippen LogP contribution >= 0.6 is 11.3 Å². The summed E-state index contributed by atoms with van der Waals surface area (Å²) in [5, 5.41) is 17.6. The lowest BCUT2D eigenvalue weighted by Crippen LogP contribution is -2.20. The van der Waals surface area contributed by atoms with Gasteiger partial charge in [0, 0.05) is 15.5 Å². The average Bonchev–Trinajstić information content (AvgIpc) is 3.38. The van der Waals surface area contributed by atoms with Crippen LogP contribution in [0, 0.1) is 10.1 Å². The number of benzene rings is 1. The first kappa shape index (κ1) is 18.0. The van der Waals surface area contributed by atoms with Gasteiger partial charge in [-0.25, -0.2) is 0 Å². The van der Waals surface area contributed by atoms with Crippen molar-refractivity contribution in [2.75, 3.05) is 5.32 Å². The van der Waals surface area contributed by atoms with Crippen LogP contribution in [0.15, 0.2) is 36.7 Å². The third kappa shape index (κ3) is 3.41. The lowest BCUT2D eigenvalue weighted by molar-refractivity contribution is -0.394. The molecule has 10 heteroatoms. The van der Waals surface area contributed by atoms with Gasteiger partial charge in [-0.3, -0.25) is 9.59 Å². The number of carbonyl (C=O) groups is 2. The predicted molar refractivity (Wildman–Crippen MR) is 102 cm³/mol. The van der Waals surface area contributed by atoms with Crippen molar-refractivity contribution >= 4 is 34.0 Å². The fourth-order valence-corrected chi connectivity index (χ4v) is 4.53. The van der Waals surface area contributed by atoms with E-state index in [0.29, 0.717) is 16.1 Å². The molecule has 4 rings (SSSR count). The van der Waals surface area contributed by atoms with Gasteiger partial charge in [-0.05, 0) is 29.7 Å². The van der Waals surface area contributed by atoms with E-state index in [-0.39, 0.29) is 12.3 Å². The van der Waals surface area contributed by atoms with E-state index in [1.165, 1.54) is 11.3 Å². The van der Waals surface area contributed by atoms with Crippen LogP contribution in [0.4, 0.5) is 10.9 Å². The largest absolute Gasteiger partial charge is 0.490 e. The summed E-state index contributed by atoms with van der Waals surface area (Å²) in [6, 6.07) is 8.95. The Bertz CT molecular complexity index is 1070. The Morgan fingerprint density at radius 3 is 2.75 bits per heavy atom. The molecule has 0 spiro atoms. The molecular weight excluding hydrogens is 382 g/mol. The number of thiophene rings is 1. The first-order chi connectivity index (χ1) is 13.5. The molecule has 3 aromatic rings. The molecular formula is C18H15N5O4S. The molecule has 0 fully saturated rings. The normalized spacial score (nSPS) is 12.6. The first-order valence-electron chi connectivity index (χ1n) is 8.61. The highest BCUT2D eigenvalue weighted by molar-refractivity contribution is 7.17. The number of nitrogens with zero attached hydrogens (tertiary/aromatic N) is 4.